The van der Waals surface area contributed by atoms with Crippen molar-refractivity contribution in [1.82, 2.24) is 9.97 Å². The van der Waals surface area contributed by atoms with Crippen LogP contribution in [0.15, 0.2) is 20.9 Å². The summed E-state index contributed by atoms with van der Waals surface area (Å²) >= 11 is 1.19. The van der Waals surface area contributed by atoms with Gasteiger partial charge in [-0.2, -0.15) is 4.36 Å². The fourth-order valence-corrected chi connectivity index (χ4v) is 6.40. The van der Waals surface area contributed by atoms with Crippen LogP contribution in [0.25, 0.3) is 10.2 Å². The lowest BCUT2D eigenvalue weighted by Gasteiger charge is -2.27. The number of carbonyl (C=O) groups excluding carboxylic acids is 1. The number of amides is 1. The second-order valence-corrected chi connectivity index (χ2v) is 9.91. The van der Waals surface area contributed by atoms with E-state index < -0.39 is 25.9 Å². The fraction of sp³-hybridized carbons (Fsp3) is 0.500. The molecule has 1 saturated heterocycles. The average Bonchev–Trinajstić information content (AvgIpc) is 3.01. The first-order chi connectivity index (χ1) is 10.8. The number of nitrogens with two attached hydrogens (primary N) is 1. The van der Waals surface area contributed by atoms with Crippen LogP contribution >= 0.6 is 11.3 Å². The minimum atomic E-state index is -2.73. The van der Waals surface area contributed by atoms with Crippen LogP contribution in [0, 0.1) is 5.92 Å². The number of aromatic nitrogens is 2. The topological polar surface area (TPSA) is 118 Å². The van der Waals surface area contributed by atoms with Crippen molar-refractivity contribution in [3.63, 3.8) is 0 Å². The molecular weight excluding hydrogens is 336 g/mol. The highest BCUT2D eigenvalue weighted by Gasteiger charge is 2.45. The number of fused-ring (bicyclic) bond motifs is 1. The molecule has 1 fully saturated rings. The highest BCUT2D eigenvalue weighted by Crippen LogP contribution is 2.38. The number of thiophene rings is 1. The summed E-state index contributed by atoms with van der Waals surface area (Å²) < 4.78 is 16.6. The maximum atomic E-state index is 13.2. The van der Waals surface area contributed by atoms with Crippen LogP contribution in [0.2, 0.25) is 0 Å². The summed E-state index contributed by atoms with van der Waals surface area (Å²) in [5.41, 5.74) is 5.51. The summed E-state index contributed by atoms with van der Waals surface area (Å²) in [7, 11) is -2.73. The number of H-pyrrole nitrogens is 1. The normalized spacial score (nSPS) is 26.5. The second-order valence-electron chi connectivity index (χ2n) is 6.13. The molecule has 124 valence electrons. The van der Waals surface area contributed by atoms with Gasteiger partial charge in [0.05, 0.1) is 31.8 Å². The lowest BCUT2D eigenvalue weighted by molar-refractivity contribution is 0.101. The summed E-state index contributed by atoms with van der Waals surface area (Å²) in [6.45, 7) is 4.10. The van der Waals surface area contributed by atoms with Gasteiger partial charge in [-0.3, -0.25) is 9.59 Å². The predicted molar refractivity (Wildman–Crippen MR) is 91.2 cm³/mol. The third-order valence-corrected chi connectivity index (χ3v) is 8.78. The first kappa shape index (κ1) is 16.3. The molecule has 0 saturated carbocycles. The molecule has 3 rings (SSSR count). The summed E-state index contributed by atoms with van der Waals surface area (Å²) in [5.74, 6) is -0.203. The summed E-state index contributed by atoms with van der Waals surface area (Å²) in [4.78, 5) is 31.4. The fourth-order valence-electron chi connectivity index (χ4n) is 2.96. The monoisotopic (exact) mass is 354 g/mol. The Kier molecular flexibility index (Phi) is 3.89. The molecule has 0 aliphatic carbocycles. The molecule has 9 heteroatoms. The standard InChI is InChI=1S/C14H18N4O3S2/c1-14(2)8(5-15)3-4-23(14,21)18-11(19)9-6-22-13-10(9)12(20)16-7-17-13/h6-8H,3-5,15H2,1-2H3,(H,16,17,20). The van der Waals surface area contributed by atoms with E-state index in [1.54, 1.807) is 5.38 Å². The zero-order valence-corrected chi connectivity index (χ0v) is 14.5. The Morgan fingerprint density at radius 2 is 2.35 bits per heavy atom. The van der Waals surface area contributed by atoms with Gasteiger partial charge in [-0.15, -0.1) is 11.3 Å². The second kappa shape index (κ2) is 5.50. The van der Waals surface area contributed by atoms with Gasteiger partial charge in [-0.05, 0) is 32.7 Å². The van der Waals surface area contributed by atoms with Crippen molar-refractivity contribution in [2.75, 3.05) is 12.3 Å². The van der Waals surface area contributed by atoms with Crippen molar-refractivity contribution in [2.45, 2.75) is 25.0 Å². The molecule has 0 bridgehead atoms. The van der Waals surface area contributed by atoms with Crippen molar-refractivity contribution in [2.24, 2.45) is 16.0 Å². The number of nitrogens with zero attached hydrogens (tertiary/aromatic N) is 2. The van der Waals surface area contributed by atoms with E-state index in [9.17, 15) is 13.8 Å². The van der Waals surface area contributed by atoms with E-state index in [1.165, 1.54) is 17.7 Å². The molecule has 1 aliphatic heterocycles. The molecule has 2 atom stereocenters. The van der Waals surface area contributed by atoms with Gasteiger partial charge < -0.3 is 10.7 Å². The minimum Gasteiger partial charge on any atom is -0.330 e. The highest BCUT2D eigenvalue weighted by atomic mass is 32.2. The molecule has 0 radical (unpaired) electrons. The Hall–Kier alpha value is -1.58. The molecule has 2 aromatic heterocycles. The molecule has 7 nitrogen and oxygen atoms in total. The first-order valence-corrected chi connectivity index (χ1v) is 9.80. The lowest BCUT2D eigenvalue weighted by Crippen LogP contribution is -2.37. The summed E-state index contributed by atoms with van der Waals surface area (Å²) in [5, 5.41) is 1.75. The van der Waals surface area contributed by atoms with Crippen LogP contribution in [0.1, 0.15) is 30.6 Å². The minimum absolute atomic E-state index is 0.0656. The van der Waals surface area contributed by atoms with Gasteiger partial charge in [0, 0.05) is 11.1 Å². The first-order valence-electron chi connectivity index (χ1n) is 7.24. The molecule has 0 aromatic carbocycles. The maximum absolute atomic E-state index is 13.2. The summed E-state index contributed by atoms with van der Waals surface area (Å²) in [6, 6.07) is 0. The molecule has 23 heavy (non-hydrogen) atoms. The van der Waals surface area contributed by atoms with E-state index in [1.807, 2.05) is 13.8 Å². The Bertz CT molecular complexity index is 950. The van der Waals surface area contributed by atoms with E-state index in [0.717, 1.165) is 0 Å². The van der Waals surface area contributed by atoms with E-state index in [-0.39, 0.29) is 16.9 Å². The quantitative estimate of drug-likeness (QED) is 0.844. The smallest absolute Gasteiger partial charge is 0.286 e. The van der Waals surface area contributed by atoms with E-state index in [2.05, 4.69) is 14.3 Å². The van der Waals surface area contributed by atoms with Gasteiger partial charge in [0.15, 0.2) is 0 Å². The zero-order valence-electron chi connectivity index (χ0n) is 12.9. The number of rotatable bonds is 2. The summed E-state index contributed by atoms with van der Waals surface area (Å²) in [6.07, 6.45) is 1.98. The van der Waals surface area contributed by atoms with Crippen molar-refractivity contribution in [3.8, 4) is 0 Å². The third-order valence-electron chi connectivity index (χ3n) is 4.67. The SMILES string of the molecule is CC1(C)C(CN)CCS1(=O)=NC(=O)c1csc2nc[nH]c(=O)c12. The molecule has 2 unspecified atom stereocenters. The Labute approximate surface area is 137 Å². The largest absolute Gasteiger partial charge is 0.330 e. The van der Waals surface area contributed by atoms with E-state index in [4.69, 9.17) is 5.73 Å². The Morgan fingerprint density at radius 1 is 1.61 bits per heavy atom. The van der Waals surface area contributed by atoms with Crippen LogP contribution in [-0.4, -0.2) is 37.1 Å². The number of carbonyl (C=O) groups is 1. The van der Waals surface area contributed by atoms with Gasteiger partial charge >= 0.3 is 0 Å². The Morgan fingerprint density at radius 3 is 3.00 bits per heavy atom. The van der Waals surface area contributed by atoms with Crippen LogP contribution in [0.4, 0.5) is 0 Å². The van der Waals surface area contributed by atoms with Crippen molar-refractivity contribution < 1.29 is 9.00 Å². The van der Waals surface area contributed by atoms with Crippen molar-refractivity contribution >= 4 is 37.2 Å². The molecule has 1 aliphatic rings. The predicted octanol–water partition coefficient (Wildman–Crippen LogP) is 1.35. The number of hydrogen-bond donors (Lipinski definition) is 2. The molecule has 3 N–H and O–H groups in total. The number of hydrogen-bond acceptors (Lipinski definition) is 6. The molecular formula is C14H18N4O3S2. The lowest BCUT2D eigenvalue weighted by atomic mass is 9.93. The third kappa shape index (κ3) is 2.43. The molecule has 2 aromatic rings. The average molecular weight is 354 g/mol. The van der Waals surface area contributed by atoms with Crippen LogP contribution in [-0.2, 0) is 9.73 Å². The number of aromatic amines is 1. The van der Waals surface area contributed by atoms with Gasteiger partial charge in [-0.25, -0.2) is 9.19 Å². The maximum Gasteiger partial charge on any atom is 0.286 e. The zero-order chi connectivity index (χ0) is 16.8. The highest BCUT2D eigenvalue weighted by molar-refractivity contribution is 7.95. The number of nitrogens with one attached hydrogen (secondary N) is 1. The molecule has 0 spiro atoms. The van der Waals surface area contributed by atoms with E-state index in [0.29, 0.717) is 23.5 Å². The van der Waals surface area contributed by atoms with Gasteiger partial charge in [0.2, 0.25) is 0 Å². The molecule has 1 amide bonds. The van der Waals surface area contributed by atoms with Gasteiger partial charge in [-0.1, -0.05) is 0 Å². The van der Waals surface area contributed by atoms with Crippen LogP contribution in [0.3, 0.4) is 0 Å². The van der Waals surface area contributed by atoms with Crippen molar-refractivity contribution in [1.29, 1.82) is 0 Å². The van der Waals surface area contributed by atoms with Crippen LogP contribution < -0.4 is 11.3 Å². The van der Waals surface area contributed by atoms with Crippen LogP contribution in [0.5, 0.6) is 0 Å². The van der Waals surface area contributed by atoms with Gasteiger partial charge in [0.1, 0.15) is 4.83 Å². The molecule has 3 heterocycles. The van der Waals surface area contributed by atoms with E-state index >= 15 is 0 Å². The Balaban J connectivity index is 2.11. The van der Waals surface area contributed by atoms with Gasteiger partial charge in [0.25, 0.3) is 11.5 Å². The van der Waals surface area contributed by atoms with Crippen molar-refractivity contribution in [3.05, 3.63) is 27.6 Å².